The van der Waals surface area contributed by atoms with Crippen LogP contribution in [0.2, 0.25) is 0 Å². The lowest BCUT2D eigenvalue weighted by Gasteiger charge is -2.16. The summed E-state index contributed by atoms with van der Waals surface area (Å²) in [6.45, 7) is 0. The van der Waals surface area contributed by atoms with E-state index in [1.165, 1.54) is 11.6 Å². The van der Waals surface area contributed by atoms with Crippen LogP contribution in [-0.2, 0) is 6.42 Å². The van der Waals surface area contributed by atoms with Crippen molar-refractivity contribution in [3.63, 3.8) is 0 Å². The van der Waals surface area contributed by atoms with Gasteiger partial charge in [-0.1, -0.05) is 46.3 Å². The number of halogens is 2. The van der Waals surface area contributed by atoms with Crippen LogP contribution < -0.4 is 5.32 Å². The fourth-order valence-corrected chi connectivity index (χ4v) is 2.80. The Balaban J connectivity index is 1.93. The Hall–Kier alpha value is -1.19. The molecule has 1 nitrogen and oxygen atoms in total. The zero-order chi connectivity index (χ0) is 14.4. The van der Waals surface area contributed by atoms with E-state index in [9.17, 15) is 4.39 Å². The van der Waals surface area contributed by atoms with E-state index in [4.69, 9.17) is 0 Å². The van der Waals surface area contributed by atoms with Gasteiger partial charge in [0.2, 0.25) is 0 Å². The van der Waals surface area contributed by atoms with E-state index in [1.807, 2.05) is 31.3 Å². The average molecular weight is 336 g/mol. The molecule has 0 bridgehead atoms. The summed E-state index contributed by atoms with van der Waals surface area (Å²) >= 11 is 3.39. The predicted molar refractivity (Wildman–Crippen MR) is 85.3 cm³/mol. The second-order valence-corrected chi connectivity index (χ2v) is 5.80. The topological polar surface area (TPSA) is 12.0 Å². The van der Waals surface area contributed by atoms with Crippen LogP contribution in [0.4, 0.5) is 4.39 Å². The van der Waals surface area contributed by atoms with Crippen LogP contribution in [0.1, 0.15) is 30.0 Å². The molecule has 0 saturated heterocycles. The van der Waals surface area contributed by atoms with Gasteiger partial charge in [0.05, 0.1) is 0 Å². The third kappa shape index (κ3) is 4.15. The zero-order valence-electron chi connectivity index (χ0n) is 11.6. The minimum Gasteiger partial charge on any atom is -0.313 e. The molecule has 3 heteroatoms. The molecule has 1 N–H and O–H groups in total. The van der Waals surface area contributed by atoms with E-state index in [2.05, 4.69) is 33.4 Å². The Labute approximate surface area is 128 Å². The molecule has 0 aliphatic rings. The van der Waals surface area contributed by atoms with Crippen molar-refractivity contribution in [2.75, 3.05) is 7.05 Å². The highest BCUT2D eigenvalue weighted by Gasteiger charge is 2.09. The maximum absolute atomic E-state index is 13.7. The van der Waals surface area contributed by atoms with E-state index >= 15 is 0 Å². The predicted octanol–water partition coefficient (Wildman–Crippen LogP) is 4.87. The van der Waals surface area contributed by atoms with Crippen LogP contribution in [-0.4, -0.2) is 7.05 Å². The van der Waals surface area contributed by atoms with Crippen molar-refractivity contribution in [3.8, 4) is 0 Å². The lowest BCUT2D eigenvalue weighted by Crippen LogP contribution is -2.16. The normalized spacial score (nSPS) is 12.3. The average Bonchev–Trinajstić information content (AvgIpc) is 2.48. The Morgan fingerprint density at radius 3 is 2.60 bits per heavy atom. The van der Waals surface area contributed by atoms with Gasteiger partial charge in [0.15, 0.2) is 0 Å². The molecule has 2 aromatic rings. The maximum atomic E-state index is 13.7. The summed E-state index contributed by atoms with van der Waals surface area (Å²) in [5, 5.41) is 3.33. The van der Waals surface area contributed by atoms with Crippen molar-refractivity contribution >= 4 is 15.9 Å². The first-order valence-electron chi connectivity index (χ1n) is 6.87. The van der Waals surface area contributed by atoms with Crippen molar-refractivity contribution in [1.82, 2.24) is 5.32 Å². The number of nitrogens with one attached hydrogen (secondary N) is 1. The van der Waals surface area contributed by atoms with Crippen LogP contribution in [0.5, 0.6) is 0 Å². The molecule has 0 spiro atoms. The summed E-state index contributed by atoms with van der Waals surface area (Å²) < 4.78 is 14.6. The number of hydrogen-bond acceptors (Lipinski definition) is 1. The highest BCUT2D eigenvalue weighted by molar-refractivity contribution is 9.10. The summed E-state index contributed by atoms with van der Waals surface area (Å²) in [6, 6.07) is 15.8. The molecule has 1 unspecified atom stereocenters. The molecule has 1 atom stereocenters. The Kier molecular flexibility index (Phi) is 5.74. The van der Waals surface area contributed by atoms with E-state index in [0.717, 1.165) is 29.3 Å². The Bertz CT molecular complexity index is 542. The SMILES string of the molecule is CNC(CCCc1cc(Br)ccc1F)c1ccccc1. The second-order valence-electron chi connectivity index (χ2n) is 4.88. The molecule has 0 aromatic heterocycles. The highest BCUT2D eigenvalue weighted by Crippen LogP contribution is 2.21. The minimum absolute atomic E-state index is 0.117. The number of rotatable bonds is 6. The second kappa shape index (κ2) is 7.55. The number of hydrogen-bond donors (Lipinski definition) is 1. The van der Waals surface area contributed by atoms with E-state index in [-0.39, 0.29) is 5.82 Å². The van der Waals surface area contributed by atoms with E-state index in [0.29, 0.717) is 6.04 Å². The van der Waals surface area contributed by atoms with Crippen LogP contribution >= 0.6 is 15.9 Å². The third-order valence-electron chi connectivity index (χ3n) is 3.50. The molecule has 0 saturated carbocycles. The van der Waals surface area contributed by atoms with Crippen LogP contribution in [0, 0.1) is 5.82 Å². The van der Waals surface area contributed by atoms with Crippen molar-refractivity contribution in [2.45, 2.75) is 25.3 Å². The fraction of sp³-hybridized carbons (Fsp3) is 0.294. The highest BCUT2D eigenvalue weighted by atomic mass is 79.9. The Morgan fingerprint density at radius 2 is 1.90 bits per heavy atom. The molecular weight excluding hydrogens is 317 g/mol. The molecule has 0 fully saturated rings. The van der Waals surface area contributed by atoms with Gasteiger partial charge in [-0.15, -0.1) is 0 Å². The van der Waals surface area contributed by atoms with E-state index < -0.39 is 0 Å². The largest absolute Gasteiger partial charge is 0.313 e. The van der Waals surface area contributed by atoms with Crippen molar-refractivity contribution in [3.05, 3.63) is 69.9 Å². The Morgan fingerprint density at radius 1 is 1.15 bits per heavy atom. The van der Waals surface area contributed by atoms with Gasteiger partial charge in [0, 0.05) is 10.5 Å². The molecule has 0 aliphatic carbocycles. The summed E-state index contributed by atoms with van der Waals surface area (Å²) in [6.07, 6.45) is 2.70. The minimum atomic E-state index is -0.117. The first-order valence-corrected chi connectivity index (χ1v) is 7.66. The van der Waals surface area contributed by atoms with Gasteiger partial charge < -0.3 is 5.32 Å². The van der Waals surface area contributed by atoms with Gasteiger partial charge in [-0.25, -0.2) is 4.39 Å². The van der Waals surface area contributed by atoms with Crippen molar-refractivity contribution in [1.29, 1.82) is 0 Å². The molecule has 0 aliphatic heterocycles. The van der Waals surface area contributed by atoms with E-state index in [1.54, 1.807) is 6.07 Å². The van der Waals surface area contributed by atoms with Gasteiger partial charge in [-0.3, -0.25) is 0 Å². The van der Waals surface area contributed by atoms with Gasteiger partial charge >= 0.3 is 0 Å². The smallest absolute Gasteiger partial charge is 0.126 e. The van der Waals surface area contributed by atoms with Crippen LogP contribution in [0.15, 0.2) is 53.0 Å². The quantitative estimate of drug-likeness (QED) is 0.793. The number of benzene rings is 2. The van der Waals surface area contributed by atoms with Gasteiger partial charge in [0.1, 0.15) is 5.82 Å². The summed E-state index contributed by atoms with van der Waals surface area (Å²) in [7, 11) is 1.97. The third-order valence-corrected chi connectivity index (χ3v) is 3.99. The molecule has 0 radical (unpaired) electrons. The fourth-order valence-electron chi connectivity index (χ4n) is 2.39. The first-order chi connectivity index (χ1) is 9.70. The maximum Gasteiger partial charge on any atom is 0.126 e. The number of aryl methyl sites for hydroxylation is 1. The van der Waals surface area contributed by atoms with Crippen molar-refractivity contribution < 1.29 is 4.39 Å². The summed E-state index contributed by atoms with van der Waals surface area (Å²) in [4.78, 5) is 0. The first kappa shape index (κ1) is 15.2. The van der Waals surface area contributed by atoms with Crippen molar-refractivity contribution in [2.24, 2.45) is 0 Å². The van der Waals surface area contributed by atoms with Crippen LogP contribution in [0.25, 0.3) is 0 Å². The lowest BCUT2D eigenvalue weighted by atomic mass is 9.99. The molecule has 0 amide bonds. The summed E-state index contributed by atoms with van der Waals surface area (Å²) in [5.41, 5.74) is 2.06. The molecule has 2 rings (SSSR count). The standard InChI is InChI=1S/C17H19BrFN/c1-20-17(13-6-3-2-4-7-13)9-5-8-14-12-15(18)10-11-16(14)19/h2-4,6-7,10-12,17,20H,5,8-9H2,1H3. The van der Waals surface area contributed by atoms with Gasteiger partial charge in [0.25, 0.3) is 0 Å². The van der Waals surface area contributed by atoms with Crippen LogP contribution in [0.3, 0.4) is 0 Å². The lowest BCUT2D eigenvalue weighted by molar-refractivity contribution is 0.520. The van der Waals surface area contributed by atoms with Gasteiger partial charge in [-0.2, -0.15) is 0 Å². The molecule has 0 heterocycles. The van der Waals surface area contributed by atoms with Gasteiger partial charge in [-0.05, 0) is 55.6 Å². The molecule has 106 valence electrons. The molecular formula is C17H19BrFN. The monoisotopic (exact) mass is 335 g/mol. The summed E-state index contributed by atoms with van der Waals surface area (Å²) in [5.74, 6) is -0.117. The zero-order valence-corrected chi connectivity index (χ0v) is 13.2. The molecule has 20 heavy (non-hydrogen) atoms. The molecule has 2 aromatic carbocycles.